The van der Waals surface area contributed by atoms with Crippen LogP contribution in [0.25, 0.3) is 0 Å². The van der Waals surface area contributed by atoms with Crippen LogP contribution in [0.1, 0.15) is 0 Å². The number of hydrogen-bond acceptors (Lipinski definition) is 1. The van der Waals surface area contributed by atoms with Crippen molar-refractivity contribution < 1.29 is 9.18 Å². The average Bonchev–Trinajstić information content (AvgIpc) is 2.11. The van der Waals surface area contributed by atoms with Crippen molar-refractivity contribution in [1.82, 2.24) is 0 Å². The van der Waals surface area contributed by atoms with Crippen LogP contribution in [-0.2, 0) is 4.79 Å². The third kappa shape index (κ3) is 3.08. The Kier molecular flexibility index (Phi) is 3.87. The summed E-state index contributed by atoms with van der Waals surface area (Å²) in [5.41, 5.74) is 0.567. The Bertz CT molecular complexity index is 330. The lowest BCUT2D eigenvalue weighted by atomic mass is 10.3. The maximum Gasteiger partial charge on any atom is 0.235 e. The number of halogens is 3. The topological polar surface area (TPSA) is 29.1 Å². The normalized spacial score (nSPS) is 9.77. The van der Waals surface area contributed by atoms with Gasteiger partial charge in [0.05, 0.1) is 9.80 Å². The molecule has 70 valence electrons. The van der Waals surface area contributed by atoms with E-state index in [9.17, 15) is 9.18 Å². The number of hydrogen-bond donors (Lipinski definition) is 1. The summed E-state index contributed by atoms with van der Waals surface area (Å²) in [5, 5.41) is 2.80. The van der Waals surface area contributed by atoms with Gasteiger partial charge in [-0.05, 0) is 34.1 Å². The maximum absolute atomic E-state index is 12.7. The van der Waals surface area contributed by atoms with Gasteiger partial charge in [0.15, 0.2) is 0 Å². The number of carbonyl (C=O) groups excluding carboxylic acids is 1. The zero-order chi connectivity index (χ0) is 9.84. The van der Waals surface area contributed by atoms with Crippen LogP contribution < -0.4 is 5.32 Å². The summed E-state index contributed by atoms with van der Waals surface area (Å²) >= 11 is 6.03. The van der Waals surface area contributed by atoms with Crippen molar-refractivity contribution in [2.75, 3.05) is 10.6 Å². The standard InChI is InChI=1S/C8H6Br2FNO/c9-4-8(13)12-5-1-2-7(11)6(10)3-5/h1-3H,4H2,(H,12,13). The third-order valence-corrected chi connectivity index (χ3v) is 2.44. The minimum absolute atomic E-state index is 0.168. The van der Waals surface area contributed by atoms with Gasteiger partial charge in [0.1, 0.15) is 5.82 Å². The first-order chi connectivity index (χ1) is 6.13. The SMILES string of the molecule is O=C(CBr)Nc1ccc(F)c(Br)c1. The fourth-order valence-corrected chi connectivity index (χ4v) is 1.29. The van der Waals surface area contributed by atoms with Crippen LogP contribution in [0.3, 0.4) is 0 Å². The Labute approximate surface area is 91.8 Å². The summed E-state index contributed by atoms with van der Waals surface area (Å²) in [6.07, 6.45) is 0. The predicted octanol–water partition coefficient (Wildman–Crippen LogP) is 2.92. The number of alkyl halides is 1. The van der Waals surface area contributed by atoms with Gasteiger partial charge in [0.25, 0.3) is 0 Å². The molecule has 13 heavy (non-hydrogen) atoms. The first kappa shape index (κ1) is 10.7. The number of carbonyl (C=O) groups is 1. The Morgan fingerprint density at radius 2 is 2.23 bits per heavy atom. The van der Waals surface area contributed by atoms with Gasteiger partial charge in [-0.25, -0.2) is 4.39 Å². The highest BCUT2D eigenvalue weighted by Gasteiger charge is 2.02. The van der Waals surface area contributed by atoms with E-state index in [2.05, 4.69) is 37.2 Å². The van der Waals surface area contributed by atoms with Crippen LogP contribution in [0.4, 0.5) is 10.1 Å². The van der Waals surface area contributed by atoms with Crippen LogP contribution in [0.15, 0.2) is 22.7 Å². The number of amides is 1. The van der Waals surface area contributed by atoms with Crippen LogP contribution in [0.2, 0.25) is 0 Å². The van der Waals surface area contributed by atoms with E-state index in [1.807, 2.05) is 0 Å². The molecule has 0 aromatic heterocycles. The number of anilines is 1. The van der Waals surface area contributed by atoms with Crippen LogP contribution in [0, 0.1) is 5.82 Å². The molecule has 0 unspecified atom stereocenters. The fraction of sp³-hybridized carbons (Fsp3) is 0.125. The second-order valence-electron chi connectivity index (χ2n) is 2.31. The Hall–Kier alpha value is -0.420. The van der Waals surface area contributed by atoms with Gasteiger partial charge >= 0.3 is 0 Å². The highest BCUT2D eigenvalue weighted by Crippen LogP contribution is 2.19. The molecule has 0 spiro atoms. The second kappa shape index (κ2) is 4.72. The van der Waals surface area contributed by atoms with Gasteiger partial charge in [0, 0.05) is 5.69 Å². The lowest BCUT2D eigenvalue weighted by Crippen LogP contribution is -2.12. The second-order valence-corrected chi connectivity index (χ2v) is 3.73. The van der Waals surface area contributed by atoms with Gasteiger partial charge in [-0.3, -0.25) is 4.79 Å². The first-order valence-electron chi connectivity index (χ1n) is 3.44. The highest BCUT2D eigenvalue weighted by molar-refractivity contribution is 9.10. The molecule has 1 rings (SSSR count). The summed E-state index contributed by atoms with van der Waals surface area (Å²) in [5.74, 6) is -0.518. The van der Waals surface area contributed by atoms with Crippen LogP contribution in [-0.4, -0.2) is 11.2 Å². The largest absolute Gasteiger partial charge is 0.325 e. The predicted molar refractivity (Wildman–Crippen MR) is 56.5 cm³/mol. The summed E-state index contributed by atoms with van der Waals surface area (Å²) in [7, 11) is 0. The van der Waals surface area contributed by atoms with Crippen LogP contribution >= 0.6 is 31.9 Å². The molecular weight excluding hydrogens is 305 g/mol. The van der Waals surface area contributed by atoms with E-state index >= 15 is 0 Å². The minimum Gasteiger partial charge on any atom is -0.325 e. The summed E-state index contributed by atoms with van der Waals surface area (Å²) in [6.45, 7) is 0. The molecule has 0 aliphatic carbocycles. The summed E-state index contributed by atoms with van der Waals surface area (Å²) in [4.78, 5) is 10.9. The zero-order valence-electron chi connectivity index (χ0n) is 6.48. The molecule has 0 aliphatic heterocycles. The molecule has 0 radical (unpaired) electrons. The Morgan fingerprint density at radius 1 is 1.54 bits per heavy atom. The average molecular weight is 311 g/mol. The van der Waals surface area contributed by atoms with E-state index in [4.69, 9.17) is 0 Å². The Balaban J connectivity index is 2.79. The molecule has 0 saturated heterocycles. The van der Waals surface area contributed by atoms with E-state index in [0.717, 1.165) is 0 Å². The van der Waals surface area contributed by atoms with Gasteiger partial charge in [-0.1, -0.05) is 15.9 Å². The van der Waals surface area contributed by atoms with Gasteiger partial charge in [-0.2, -0.15) is 0 Å². The zero-order valence-corrected chi connectivity index (χ0v) is 9.65. The molecule has 0 heterocycles. The quantitative estimate of drug-likeness (QED) is 0.836. The smallest absolute Gasteiger partial charge is 0.235 e. The molecule has 1 aromatic rings. The molecule has 0 aliphatic rings. The van der Waals surface area contributed by atoms with E-state index in [1.54, 1.807) is 0 Å². The number of nitrogens with one attached hydrogen (secondary N) is 1. The summed E-state index contributed by atoms with van der Waals surface area (Å²) < 4.78 is 13.1. The van der Waals surface area contributed by atoms with Crippen molar-refractivity contribution in [1.29, 1.82) is 0 Å². The van der Waals surface area contributed by atoms with Gasteiger partial charge < -0.3 is 5.32 Å². The number of benzene rings is 1. The molecule has 0 saturated carbocycles. The lowest BCUT2D eigenvalue weighted by Gasteiger charge is -2.03. The molecule has 1 aromatic carbocycles. The van der Waals surface area contributed by atoms with Crippen molar-refractivity contribution in [3.63, 3.8) is 0 Å². The molecule has 1 amide bonds. The Morgan fingerprint density at radius 3 is 2.77 bits per heavy atom. The number of rotatable bonds is 2. The van der Waals surface area contributed by atoms with Crippen molar-refractivity contribution in [2.24, 2.45) is 0 Å². The molecule has 0 bridgehead atoms. The van der Waals surface area contributed by atoms with E-state index in [-0.39, 0.29) is 17.1 Å². The molecule has 0 fully saturated rings. The van der Waals surface area contributed by atoms with Gasteiger partial charge in [0.2, 0.25) is 5.91 Å². The van der Waals surface area contributed by atoms with Crippen molar-refractivity contribution in [3.05, 3.63) is 28.5 Å². The van der Waals surface area contributed by atoms with Crippen LogP contribution in [0.5, 0.6) is 0 Å². The molecule has 1 N–H and O–H groups in total. The molecular formula is C8H6Br2FNO. The molecule has 0 atom stereocenters. The van der Waals surface area contributed by atoms with Crippen molar-refractivity contribution in [2.45, 2.75) is 0 Å². The van der Waals surface area contributed by atoms with Crippen molar-refractivity contribution >= 4 is 43.5 Å². The maximum atomic E-state index is 12.7. The van der Waals surface area contributed by atoms with Gasteiger partial charge in [-0.15, -0.1) is 0 Å². The fourth-order valence-electron chi connectivity index (χ4n) is 0.768. The van der Waals surface area contributed by atoms with Crippen molar-refractivity contribution in [3.8, 4) is 0 Å². The lowest BCUT2D eigenvalue weighted by molar-refractivity contribution is -0.113. The van der Waals surface area contributed by atoms with E-state index in [0.29, 0.717) is 10.2 Å². The summed E-state index contributed by atoms with van der Waals surface area (Å²) in [6, 6.07) is 4.30. The van der Waals surface area contributed by atoms with E-state index in [1.165, 1.54) is 18.2 Å². The minimum atomic E-state index is -0.350. The molecule has 5 heteroatoms. The monoisotopic (exact) mass is 309 g/mol. The third-order valence-electron chi connectivity index (χ3n) is 1.32. The molecule has 2 nitrogen and oxygen atoms in total. The van der Waals surface area contributed by atoms with E-state index < -0.39 is 0 Å². The first-order valence-corrected chi connectivity index (χ1v) is 5.36. The highest BCUT2D eigenvalue weighted by atomic mass is 79.9.